The number of allylic oxidation sites excluding steroid dienone is 1. The van der Waals surface area contributed by atoms with E-state index in [9.17, 15) is 29.8 Å². The molecule has 7 heteroatoms. The van der Waals surface area contributed by atoms with Gasteiger partial charge < -0.3 is 15.3 Å². The van der Waals surface area contributed by atoms with Crippen LogP contribution in [0.5, 0.6) is 0 Å². The van der Waals surface area contributed by atoms with Gasteiger partial charge in [-0.15, -0.1) is 0 Å². The number of aliphatic hydroxyl groups is 3. The average Bonchev–Trinajstić information content (AvgIpc) is 2.92. The van der Waals surface area contributed by atoms with Gasteiger partial charge in [0.1, 0.15) is 12.2 Å². The summed E-state index contributed by atoms with van der Waals surface area (Å²) in [6.07, 6.45) is 3.80. The van der Waals surface area contributed by atoms with Crippen LogP contribution in [0.2, 0.25) is 0 Å². The van der Waals surface area contributed by atoms with E-state index in [0.717, 1.165) is 12.0 Å². The number of hydrogen-bond donors (Lipinski definition) is 3. The second kappa shape index (κ2) is 6.28. The number of nitrogens with zero attached hydrogens (tertiary/aromatic N) is 1. The number of carbonyl (C=O) groups excluding carboxylic acids is 2. The first kappa shape index (κ1) is 19.9. The second-order valence-electron chi connectivity index (χ2n) is 9.82. The number of fused-ring (bicyclic) bond motifs is 5. The maximum atomic E-state index is 12.4. The van der Waals surface area contributed by atoms with Crippen molar-refractivity contribution in [2.45, 2.75) is 70.1 Å². The van der Waals surface area contributed by atoms with Gasteiger partial charge in [-0.1, -0.05) is 24.6 Å². The van der Waals surface area contributed by atoms with E-state index in [4.69, 9.17) is 0 Å². The van der Waals surface area contributed by atoms with E-state index in [2.05, 4.69) is 5.18 Å². The molecule has 0 aromatic heterocycles. The smallest absolute Gasteiger partial charge is 0.190 e. The lowest BCUT2D eigenvalue weighted by atomic mass is 9.45. The molecule has 0 heterocycles. The summed E-state index contributed by atoms with van der Waals surface area (Å²) < 4.78 is 0. The molecular formula is C21H29NO6. The largest absolute Gasteiger partial charge is 0.393 e. The standard InChI is InChI=1S/C21H29NO6/c1-19-8-14(22-28)15(24)7-11(19)3-4-12-13-5-6-21(27,17(26)10-23)20(13,2)9-16(25)18(12)19/h7,12-14,16,18,23,25,27H,3-6,8-10H2,1-2H3/t12-,13-,14?,16-,18+,19-,20-,21-/m0/s1. The van der Waals surface area contributed by atoms with Crippen LogP contribution in [0.4, 0.5) is 0 Å². The molecule has 3 saturated carbocycles. The van der Waals surface area contributed by atoms with Crippen molar-refractivity contribution < 1.29 is 24.9 Å². The van der Waals surface area contributed by atoms with Gasteiger partial charge in [-0.2, -0.15) is 4.91 Å². The summed E-state index contributed by atoms with van der Waals surface area (Å²) in [6.45, 7) is 3.18. The molecule has 0 aliphatic heterocycles. The van der Waals surface area contributed by atoms with Crippen molar-refractivity contribution in [1.82, 2.24) is 0 Å². The summed E-state index contributed by atoms with van der Waals surface area (Å²) in [5.41, 5.74) is -1.92. The van der Waals surface area contributed by atoms with Crippen molar-refractivity contribution in [2.75, 3.05) is 6.61 Å². The highest BCUT2D eigenvalue weighted by Gasteiger charge is 2.68. The van der Waals surface area contributed by atoms with Crippen LogP contribution in [-0.4, -0.2) is 51.2 Å². The average molecular weight is 391 g/mol. The van der Waals surface area contributed by atoms with Crippen LogP contribution in [0.1, 0.15) is 52.4 Å². The van der Waals surface area contributed by atoms with Gasteiger partial charge in [0.2, 0.25) is 0 Å². The number of ketones is 2. The molecule has 4 aliphatic rings. The fraction of sp³-hybridized carbons (Fsp3) is 0.810. The molecule has 154 valence electrons. The molecule has 0 amide bonds. The normalized spacial score (nSPS) is 50.2. The summed E-state index contributed by atoms with van der Waals surface area (Å²) in [6, 6.07) is -0.913. The Morgan fingerprint density at radius 3 is 2.64 bits per heavy atom. The predicted octanol–water partition coefficient (Wildman–Crippen LogP) is 1.53. The first-order valence-corrected chi connectivity index (χ1v) is 10.2. The molecule has 8 atom stereocenters. The third-order valence-electron chi connectivity index (χ3n) is 8.82. The van der Waals surface area contributed by atoms with Crippen LogP contribution < -0.4 is 0 Å². The van der Waals surface area contributed by atoms with Crippen molar-refractivity contribution in [1.29, 1.82) is 0 Å². The first-order chi connectivity index (χ1) is 13.1. The third kappa shape index (κ3) is 2.33. The molecule has 7 nitrogen and oxygen atoms in total. The molecule has 0 aromatic rings. The molecule has 0 spiro atoms. The summed E-state index contributed by atoms with van der Waals surface area (Å²) in [7, 11) is 0. The summed E-state index contributed by atoms with van der Waals surface area (Å²) >= 11 is 0. The van der Waals surface area contributed by atoms with E-state index in [-0.39, 0.29) is 30.0 Å². The monoisotopic (exact) mass is 391 g/mol. The van der Waals surface area contributed by atoms with Crippen molar-refractivity contribution in [2.24, 2.45) is 33.8 Å². The van der Waals surface area contributed by atoms with Crippen LogP contribution in [-0.2, 0) is 9.59 Å². The molecule has 3 fully saturated rings. The lowest BCUT2D eigenvalue weighted by Crippen LogP contribution is -2.62. The Labute approximate surface area is 164 Å². The van der Waals surface area contributed by atoms with E-state index in [1.807, 2.05) is 13.8 Å². The summed E-state index contributed by atoms with van der Waals surface area (Å²) in [5, 5.41) is 34.8. The number of Topliss-reactive ketones (excluding diaryl/α,β-unsaturated/α-hetero) is 1. The highest BCUT2D eigenvalue weighted by molar-refractivity contribution is 5.96. The van der Waals surface area contributed by atoms with Gasteiger partial charge in [0.15, 0.2) is 17.6 Å². The van der Waals surface area contributed by atoms with E-state index in [0.29, 0.717) is 25.7 Å². The Morgan fingerprint density at radius 2 is 2.00 bits per heavy atom. The van der Waals surface area contributed by atoms with E-state index in [1.165, 1.54) is 0 Å². The van der Waals surface area contributed by atoms with Gasteiger partial charge in [0.25, 0.3) is 0 Å². The Morgan fingerprint density at radius 1 is 1.29 bits per heavy atom. The molecule has 0 aromatic carbocycles. The molecule has 0 radical (unpaired) electrons. The number of nitroso groups, excluding NO2 is 1. The van der Waals surface area contributed by atoms with E-state index in [1.54, 1.807) is 6.08 Å². The highest BCUT2D eigenvalue weighted by Crippen LogP contribution is 2.67. The van der Waals surface area contributed by atoms with Crippen LogP contribution >= 0.6 is 0 Å². The zero-order valence-electron chi connectivity index (χ0n) is 16.4. The lowest BCUT2D eigenvalue weighted by molar-refractivity contribution is -0.182. The Kier molecular flexibility index (Phi) is 4.45. The van der Waals surface area contributed by atoms with Gasteiger partial charge in [-0.05, 0) is 67.8 Å². The van der Waals surface area contributed by atoms with Crippen molar-refractivity contribution in [3.05, 3.63) is 16.6 Å². The molecule has 1 unspecified atom stereocenters. The predicted molar refractivity (Wildman–Crippen MR) is 100 cm³/mol. The Hall–Kier alpha value is -1.44. The number of carbonyl (C=O) groups is 2. The SMILES string of the molecule is C[C@]12CC(N=O)C(=O)C=C1CC[C@@H]1[C@@H]2[C@@H](O)C[C@@]2(C)[C@H]1CC[C@]2(O)C(=O)CO. The Balaban J connectivity index is 1.74. The molecule has 4 rings (SSSR count). The fourth-order valence-electron chi connectivity index (χ4n) is 7.43. The minimum atomic E-state index is -1.62. The van der Waals surface area contributed by atoms with Crippen LogP contribution in [0, 0.1) is 33.5 Å². The molecule has 4 aliphatic carbocycles. The quantitative estimate of drug-likeness (QED) is 0.627. The molecule has 28 heavy (non-hydrogen) atoms. The highest BCUT2D eigenvalue weighted by atomic mass is 16.3. The molecule has 0 saturated heterocycles. The van der Waals surface area contributed by atoms with Gasteiger partial charge in [0.05, 0.1) is 6.10 Å². The molecule has 3 N–H and O–H groups in total. The zero-order valence-corrected chi connectivity index (χ0v) is 16.4. The second-order valence-corrected chi connectivity index (χ2v) is 9.82. The maximum Gasteiger partial charge on any atom is 0.190 e. The minimum absolute atomic E-state index is 0.0417. The van der Waals surface area contributed by atoms with Crippen LogP contribution in [0.15, 0.2) is 16.8 Å². The van der Waals surface area contributed by atoms with E-state index < -0.39 is 41.0 Å². The van der Waals surface area contributed by atoms with Gasteiger partial charge in [0, 0.05) is 5.41 Å². The summed E-state index contributed by atoms with van der Waals surface area (Å²) in [5.74, 6) is -0.842. The topological polar surface area (TPSA) is 124 Å². The first-order valence-electron chi connectivity index (χ1n) is 10.2. The zero-order chi connectivity index (χ0) is 20.5. The molecular weight excluding hydrogens is 362 g/mol. The number of rotatable bonds is 3. The van der Waals surface area contributed by atoms with E-state index >= 15 is 0 Å². The Bertz CT molecular complexity index is 764. The van der Waals surface area contributed by atoms with Gasteiger partial charge >= 0.3 is 0 Å². The van der Waals surface area contributed by atoms with Crippen molar-refractivity contribution in [3.63, 3.8) is 0 Å². The fourth-order valence-corrected chi connectivity index (χ4v) is 7.43. The maximum absolute atomic E-state index is 12.4. The van der Waals surface area contributed by atoms with Gasteiger partial charge in [-0.3, -0.25) is 9.59 Å². The van der Waals surface area contributed by atoms with Gasteiger partial charge in [-0.25, -0.2) is 0 Å². The summed E-state index contributed by atoms with van der Waals surface area (Å²) in [4.78, 5) is 35.8. The van der Waals surface area contributed by atoms with Crippen LogP contribution in [0.3, 0.4) is 0 Å². The lowest BCUT2D eigenvalue weighted by Gasteiger charge is -2.60. The molecule has 0 bridgehead atoms. The third-order valence-corrected chi connectivity index (χ3v) is 8.82. The van der Waals surface area contributed by atoms with Crippen LogP contribution in [0.25, 0.3) is 0 Å². The number of hydrogen-bond acceptors (Lipinski definition) is 7. The minimum Gasteiger partial charge on any atom is -0.393 e. The number of aliphatic hydroxyl groups excluding tert-OH is 2. The van der Waals surface area contributed by atoms with Crippen molar-refractivity contribution >= 4 is 11.6 Å². The van der Waals surface area contributed by atoms with Crippen molar-refractivity contribution in [3.8, 4) is 0 Å².